The van der Waals surface area contributed by atoms with Crippen LogP contribution in [-0.4, -0.2) is 96.4 Å². The molecule has 0 spiro atoms. The fourth-order valence-corrected chi connectivity index (χ4v) is 11.8. The number of rotatable bonds is 15. The summed E-state index contributed by atoms with van der Waals surface area (Å²) in [6.07, 6.45) is 0. The van der Waals surface area contributed by atoms with Crippen LogP contribution >= 0.6 is 34.8 Å². The molecular weight excluding hydrogens is 815 g/mol. The molecule has 0 aromatic heterocycles. The van der Waals surface area contributed by atoms with Crippen LogP contribution in [0.4, 0.5) is 0 Å². The van der Waals surface area contributed by atoms with Crippen molar-refractivity contribution in [1.29, 1.82) is 0 Å². The van der Waals surface area contributed by atoms with Gasteiger partial charge in [0.05, 0.1) is 53.3 Å². The smallest absolute Gasteiger partial charge is 0.327 e. The first-order chi connectivity index (χ1) is 24.2. The molecule has 0 saturated heterocycles. The van der Waals surface area contributed by atoms with Gasteiger partial charge in [0.2, 0.25) is 0 Å². The van der Waals surface area contributed by atoms with Crippen molar-refractivity contribution < 1.29 is 53.8 Å². The Kier molecular flexibility index (Phi) is 13.2. The van der Waals surface area contributed by atoms with Crippen LogP contribution in [0.5, 0.6) is 0 Å². The second kappa shape index (κ2) is 15.9. The topological polar surface area (TPSA) is 181 Å². The van der Waals surface area contributed by atoms with Crippen LogP contribution in [0.2, 0.25) is 0 Å². The highest BCUT2D eigenvalue weighted by atomic mass is 35.5. The summed E-state index contributed by atoms with van der Waals surface area (Å²) >= 11 is 18.6. The highest BCUT2D eigenvalue weighted by molar-refractivity contribution is 7.92. The van der Waals surface area contributed by atoms with Crippen LogP contribution in [0.25, 0.3) is 0 Å². The molecule has 3 unspecified atom stereocenters. The van der Waals surface area contributed by atoms with Gasteiger partial charge in [-0.05, 0) is 80.8 Å². The van der Waals surface area contributed by atoms with Crippen molar-refractivity contribution in [2.45, 2.75) is 62.4 Å². The standard InChI is InChI=1S/C35H39Cl3O12S3/c1-32(36,29(39)48-5)20-51(42,43)26-14-8-23(9-15-26)35(4,24-10-16-27(17-11-24)52(44,45)21-33(2,37)30(40)49-6)25-12-18-28(19-13-25)53(46,47)22-34(3,38)31(41)50-7/h8-19H,20-22H2,1-7H3. The average Bonchev–Trinajstić information content (AvgIpc) is 3.08. The van der Waals surface area contributed by atoms with Gasteiger partial charge < -0.3 is 14.2 Å². The summed E-state index contributed by atoms with van der Waals surface area (Å²) in [6.45, 7) is 5.44. The van der Waals surface area contributed by atoms with Crippen LogP contribution in [-0.2, 0) is 63.5 Å². The second-order valence-electron chi connectivity index (χ2n) is 13.0. The van der Waals surface area contributed by atoms with Gasteiger partial charge in [-0.25, -0.2) is 25.3 Å². The number of benzene rings is 3. The van der Waals surface area contributed by atoms with Crippen LogP contribution in [0.1, 0.15) is 44.4 Å². The van der Waals surface area contributed by atoms with Crippen LogP contribution < -0.4 is 0 Å². The third kappa shape index (κ3) is 9.73. The number of esters is 3. The van der Waals surface area contributed by atoms with Gasteiger partial charge in [0, 0.05) is 5.41 Å². The maximum absolute atomic E-state index is 13.3. The van der Waals surface area contributed by atoms with Crippen molar-refractivity contribution in [1.82, 2.24) is 0 Å². The molecule has 3 aromatic carbocycles. The minimum Gasteiger partial charge on any atom is -0.468 e. The van der Waals surface area contributed by atoms with Gasteiger partial charge in [-0.3, -0.25) is 14.4 Å². The predicted octanol–water partition coefficient (Wildman–Crippen LogP) is 4.87. The van der Waals surface area contributed by atoms with Gasteiger partial charge in [-0.1, -0.05) is 36.4 Å². The lowest BCUT2D eigenvalue weighted by Crippen LogP contribution is -2.37. The van der Waals surface area contributed by atoms with E-state index >= 15 is 0 Å². The Labute approximate surface area is 324 Å². The molecule has 12 nitrogen and oxygen atoms in total. The molecule has 53 heavy (non-hydrogen) atoms. The van der Waals surface area contributed by atoms with Crippen molar-refractivity contribution in [3.63, 3.8) is 0 Å². The van der Waals surface area contributed by atoms with Crippen LogP contribution in [0.3, 0.4) is 0 Å². The lowest BCUT2D eigenvalue weighted by Gasteiger charge is -2.32. The van der Waals surface area contributed by atoms with Gasteiger partial charge in [0.1, 0.15) is 0 Å². The van der Waals surface area contributed by atoms with E-state index in [1.54, 1.807) is 6.92 Å². The lowest BCUT2D eigenvalue weighted by atomic mass is 9.71. The molecule has 0 N–H and O–H groups in total. The van der Waals surface area contributed by atoms with E-state index in [1.807, 2.05) is 0 Å². The van der Waals surface area contributed by atoms with Crippen LogP contribution in [0, 0.1) is 0 Å². The van der Waals surface area contributed by atoms with Gasteiger partial charge in [0.15, 0.2) is 44.1 Å². The summed E-state index contributed by atoms with van der Waals surface area (Å²) in [6, 6.07) is 17.1. The molecule has 0 radical (unpaired) electrons. The third-order valence-corrected chi connectivity index (χ3v) is 15.8. The molecular formula is C35H39Cl3O12S3. The molecule has 0 bridgehead atoms. The zero-order valence-corrected chi connectivity index (χ0v) is 34.5. The Morgan fingerprint density at radius 3 is 0.811 bits per heavy atom. The number of carbonyl (C=O) groups is 3. The quantitative estimate of drug-likeness (QED) is 0.0877. The number of carbonyl (C=O) groups excluding carboxylic acids is 3. The van der Waals surface area contributed by atoms with E-state index in [-0.39, 0.29) is 14.7 Å². The SMILES string of the molecule is COC(=O)C(C)(Cl)CS(=O)(=O)c1ccc(C(C)(c2ccc(S(=O)(=O)CC(C)(Cl)C(=O)OC)cc2)c2ccc(S(=O)(=O)CC(C)(Cl)C(=O)OC)cc2)cc1. The second-order valence-corrected chi connectivity index (χ2v) is 21.5. The Balaban J connectivity index is 2.17. The molecule has 290 valence electrons. The van der Waals surface area contributed by atoms with Crippen molar-refractivity contribution in [3.8, 4) is 0 Å². The number of hydrogen-bond donors (Lipinski definition) is 0. The summed E-state index contributed by atoms with van der Waals surface area (Å²) in [5.74, 6) is -5.05. The minimum absolute atomic E-state index is 0.147. The largest absolute Gasteiger partial charge is 0.468 e. The monoisotopic (exact) mass is 852 g/mol. The maximum Gasteiger partial charge on any atom is 0.327 e. The minimum atomic E-state index is -4.11. The highest BCUT2D eigenvalue weighted by Crippen LogP contribution is 2.41. The van der Waals surface area contributed by atoms with Crippen molar-refractivity contribution in [2.24, 2.45) is 0 Å². The molecule has 0 fully saturated rings. The average molecular weight is 854 g/mol. The molecule has 0 heterocycles. The molecule has 0 amide bonds. The number of halogens is 3. The first-order valence-electron chi connectivity index (χ1n) is 15.5. The van der Waals surface area contributed by atoms with Gasteiger partial charge in [-0.15, -0.1) is 34.8 Å². The summed E-state index contributed by atoms with van der Waals surface area (Å²) in [4.78, 5) is 30.2. The summed E-state index contributed by atoms with van der Waals surface area (Å²) in [5, 5.41) is 0. The Morgan fingerprint density at radius 1 is 0.453 bits per heavy atom. The molecule has 18 heteroatoms. The number of methoxy groups -OCH3 is 3. The van der Waals surface area contributed by atoms with Gasteiger partial charge >= 0.3 is 17.9 Å². The maximum atomic E-state index is 13.3. The Bertz CT molecular complexity index is 1930. The summed E-state index contributed by atoms with van der Waals surface area (Å²) in [5.41, 5.74) is 0.326. The molecule has 3 rings (SSSR count). The molecule has 0 saturated carbocycles. The molecule has 3 aromatic rings. The normalized spacial score (nSPS) is 16.9. The lowest BCUT2D eigenvalue weighted by molar-refractivity contribution is -0.143. The molecule has 0 aliphatic rings. The number of hydrogen-bond acceptors (Lipinski definition) is 12. The van der Waals surface area contributed by atoms with E-state index in [0.29, 0.717) is 16.7 Å². The number of alkyl halides is 3. The van der Waals surface area contributed by atoms with Crippen LogP contribution in [0.15, 0.2) is 87.5 Å². The summed E-state index contributed by atoms with van der Waals surface area (Å²) < 4.78 is 93.5. The van der Waals surface area contributed by atoms with Crippen molar-refractivity contribution in [3.05, 3.63) is 89.5 Å². The van der Waals surface area contributed by atoms with E-state index < -0.39 is 84.7 Å². The summed E-state index contributed by atoms with van der Waals surface area (Å²) in [7, 11) is -9.06. The zero-order chi connectivity index (χ0) is 40.4. The first-order valence-corrected chi connectivity index (χ1v) is 21.6. The van der Waals surface area contributed by atoms with Crippen molar-refractivity contribution >= 4 is 82.2 Å². The first kappa shape index (κ1) is 44.2. The van der Waals surface area contributed by atoms with E-state index in [9.17, 15) is 39.6 Å². The fourth-order valence-electron chi connectivity index (χ4n) is 5.62. The van der Waals surface area contributed by atoms with Gasteiger partial charge in [-0.2, -0.15) is 0 Å². The molecule has 3 atom stereocenters. The third-order valence-electron chi connectivity index (χ3n) is 8.59. The van der Waals surface area contributed by atoms with E-state index in [2.05, 4.69) is 14.2 Å². The van der Waals surface area contributed by atoms with E-state index in [1.165, 1.54) is 93.6 Å². The number of ether oxygens (including phenoxy) is 3. The number of sulfone groups is 3. The van der Waals surface area contributed by atoms with Gasteiger partial charge in [0.25, 0.3) is 0 Å². The fraction of sp³-hybridized carbons (Fsp3) is 0.400. The Hall–Kier alpha value is -3.21. The zero-order valence-electron chi connectivity index (χ0n) is 29.8. The molecule has 0 aliphatic carbocycles. The Morgan fingerprint density at radius 2 is 0.642 bits per heavy atom. The van der Waals surface area contributed by atoms with E-state index in [4.69, 9.17) is 34.8 Å². The highest BCUT2D eigenvalue weighted by Gasteiger charge is 2.41. The van der Waals surface area contributed by atoms with E-state index in [0.717, 1.165) is 21.3 Å². The molecule has 0 aliphatic heterocycles. The predicted molar refractivity (Wildman–Crippen MR) is 200 cm³/mol. The van der Waals surface area contributed by atoms with Crippen molar-refractivity contribution in [2.75, 3.05) is 38.6 Å².